The molecule has 0 heterocycles. The molecule has 2 heteroatoms. The summed E-state index contributed by atoms with van der Waals surface area (Å²) >= 11 is 0. The highest BCUT2D eigenvalue weighted by atomic mass is 16.5. The fourth-order valence-electron chi connectivity index (χ4n) is 5.29. The molecule has 0 aromatic heterocycles. The minimum atomic E-state index is 0.433. The summed E-state index contributed by atoms with van der Waals surface area (Å²) in [5.41, 5.74) is 4.93. The normalized spacial score (nSPS) is 26.5. The Morgan fingerprint density at radius 3 is 2.27 bits per heavy atom. The average molecular weight is 351 g/mol. The van der Waals surface area contributed by atoms with Gasteiger partial charge >= 0.3 is 0 Å². The Bertz CT molecular complexity index is 775. The molecule has 2 aliphatic carbocycles. The van der Waals surface area contributed by atoms with Gasteiger partial charge in [-0.1, -0.05) is 32.0 Å². The maximum atomic E-state index is 5.52. The lowest BCUT2D eigenvalue weighted by Crippen LogP contribution is -2.36. The first-order chi connectivity index (χ1) is 12.5. The van der Waals surface area contributed by atoms with Gasteiger partial charge in [-0.3, -0.25) is 0 Å². The molecule has 2 aromatic rings. The van der Waals surface area contributed by atoms with Crippen LogP contribution in [0.4, 0.5) is 0 Å². The van der Waals surface area contributed by atoms with E-state index >= 15 is 0 Å². The van der Waals surface area contributed by atoms with Crippen LogP contribution in [-0.2, 0) is 6.42 Å². The van der Waals surface area contributed by atoms with Gasteiger partial charge in [0.1, 0.15) is 11.5 Å². The predicted octanol–water partition coefficient (Wildman–Crippen LogP) is 5.95. The standard InChI is InChI=1S/C24H30O2/c1-24(2)12-11-20-22-14-19(26-4)10-7-17(22)13-21(23(20)15-24)16-5-8-18(25-3)9-6-16/h5-10,14,20-21,23H,11-13,15H2,1-4H3/t20-,21-,23-/m0/s1. The zero-order valence-corrected chi connectivity index (χ0v) is 16.4. The highest BCUT2D eigenvalue weighted by Crippen LogP contribution is 2.56. The minimum Gasteiger partial charge on any atom is -0.497 e. The molecule has 0 bridgehead atoms. The number of hydrogen-bond donors (Lipinski definition) is 0. The van der Waals surface area contributed by atoms with E-state index in [0.29, 0.717) is 23.2 Å². The Morgan fingerprint density at radius 1 is 0.885 bits per heavy atom. The van der Waals surface area contributed by atoms with Crippen molar-refractivity contribution in [3.8, 4) is 11.5 Å². The summed E-state index contributed by atoms with van der Waals surface area (Å²) in [7, 11) is 3.51. The van der Waals surface area contributed by atoms with Gasteiger partial charge in [0.15, 0.2) is 0 Å². The highest BCUT2D eigenvalue weighted by Gasteiger charge is 2.43. The van der Waals surface area contributed by atoms with E-state index in [1.54, 1.807) is 14.2 Å². The van der Waals surface area contributed by atoms with Crippen LogP contribution < -0.4 is 9.47 Å². The Morgan fingerprint density at radius 2 is 1.58 bits per heavy atom. The van der Waals surface area contributed by atoms with Crippen LogP contribution in [0.2, 0.25) is 0 Å². The highest BCUT2D eigenvalue weighted by molar-refractivity contribution is 5.44. The summed E-state index contributed by atoms with van der Waals surface area (Å²) in [6.07, 6.45) is 5.01. The van der Waals surface area contributed by atoms with E-state index in [0.717, 1.165) is 17.9 Å². The first-order valence-corrected chi connectivity index (χ1v) is 9.81. The van der Waals surface area contributed by atoms with Crippen molar-refractivity contribution < 1.29 is 9.47 Å². The van der Waals surface area contributed by atoms with Gasteiger partial charge in [-0.25, -0.2) is 0 Å². The predicted molar refractivity (Wildman–Crippen MR) is 106 cm³/mol. The number of fused-ring (bicyclic) bond motifs is 3. The second-order valence-electron chi connectivity index (χ2n) is 8.83. The van der Waals surface area contributed by atoms with Crippen molar-refractivity contribution in [1.29, 1.82) is 0 Å². The van der Waals surface area contributed by atoms with Crippen LogP contribution in [0.5, 0.6) is 11.5 Å². The second kappa shape index (κ2) is 6.64. The molecule has 0 spiro atoms. The van der Waals surface area contributed by atoms with Crippen molar-refractivity contribution in [1.82, 2.24) is 0 Å². The van der Waals surface area contributed by atoms with E-state index in [-0.39, 0.29) is 0 Å². The third kappa shape index (κ3) is 3.11. The Balaban J connectivity index is 1.75. The quantitative estimate of drug-likeness (QED) is 0.680. The Hall–Kier alpha value is -1.96. The van der Waals surface area contributed by atoms with Crippen LogP contribution in [-0.4, -0.2) is 14.2 Å². The summed E-state index contributed by atoms with van der Waals surface area (Å²) < 4.78 is 10.9. The van der Waals surface area contributed by atoms with E-state index in [1.165, 1.54) is 36.0 Å². The number of rotatable bonds is 3. The summed E-state index contributed by atoms with van der Waals surface area (Å²) in [6, 6.07) is 15.5. The van der Waals surface area contributed by atoms with E-state index in [2.05, 4.69) is 56.3 Å². The van der Waals surface area contributed by atoms with Crippen LogP contribution in [0.1, 0.15) is 61.6 Å². The van der Waals surface area contributed by atoms with Gasteiger partial charge in [-0.2, -0.15) is 0 Å². The molecule has 0 aliphatic heterocycles. The van der Waals surface area contributed by atoms with E-state index in [1.807, 2.05) is 0 Å². The monoisotopic (exact) mass is 350 g/mol. The third-order valence-electron chi connectivity index (χ3n) is 6.69. The molecule has 138 valence electrons. The number of benzene rings is 2. The first kappa shape index (κ1) is 17.5. The van der Waals surface area contributed by atoms with Crippen molar-refractivity contribution in [3.05, 3.63) is 59.2 Å². The Kier molecular flexibility index (Phi) is 4.46. The molecule has 0 N–H and O–H groups in total. The maximum Gasteiger partial charge on any atom is 0.119 e. The fraction of sp³-hybridized carbons (Fsp3) is 0.500. The zero-order valence-electron chi connectivity index (χ0n) is 16.4. The molecule has 2 aromatic carbocycles. The smallest absolute Gasteiger partial charge is 0.119 e. The summed E-state index contributed by atoms with van der Waals surface area (Å²) in [5, 5.41) is 0. The molecular formula is C24H30O2. The van der Waals surface area contributed by atoms with E-state index in [9.17, 15) is 0 Å². The van der Waals surface area contributed by atoms with Gasteiger partial charge in [-0.05, 0) is 89.8 Å². The molecular weight excluding hydrogens is 320 g/mol. The van der Waals surface area contributed by atoms with E-state index < -0.39 is 0 Å². The molecule has 0 saturated heterocycles. The lowest BCUT2D eigenvalue weighted by Gasteiger charge is -2.48. The minimum absolute atomic E-state index is 0.433. The SMILES string of the molecule is COc1ccc([C@@H]2Cc3ccc(OC)cc3[C@@H]3CCC(C)(C)C[C@H]23)cc1. The third-order valence-corrected chi connectivity index (χ3v) is 6.69. The van der Waals surface area contributed by atoms with Gasteiger partial charge in [0, 0.05) is 0 Å². The van der Waals surface area contributed by atoms with Crippen LogP contribution in [0.3, 0.4) is 0 Å². The van der Waals surface area contributed by atoms with Crippen LogP contribution in [0.25, 0.3) is 0 Å². The van der Waals surface area contributed by atoms with Crippen LogP contribution >= 0.6 is 0 Å². The number of ether oxygens (including phenoxy) is 2. The van der Waals surface area contributed by atoms with Gasteiger partial charge in [0.2, 0.25) is 0 Å². The van der Waals surface area contributed by atoms with Crippen molar-refractivity contribution >= 4 is 0 Å². The average Bonchev–Trinajstić information content (AvgIpc) is 2.66. The lowest BCUT2D eigenvalue weighted by atomic mass is 9.56. The van der Waals surface area contributed by atoms with Gasteiger partial charge < -0.3 is 9.47 Å². The van der Waals surface area contributed by atoms with Crippen molar-refractivity contribution in [2.75, 3.05) is 14.2 Å². The maximum absolute atomic E-state index is 5.52. The van der Waals surface area contributed by atoms with Gasteiger partial charge in [0.05, 0.1) is 14.2 Å². The molecule has 26 heavy (non-hydrogen) atoms. The topological polar surface area (TPSA) is 18.5 Å². The molecule has 1 fully saturated rings. The molecule has 0 amide bonds. The molecule has 4 rings (SSSR count). The molecule has 2 nitrogen and oxygen atoms in total. The van der Waals surface area contributed by atoms with Crippen LogP contribution in [0, 0.1) is 11.3 Å². The van der Waals surface area contributed by atoms with E-state index in [4.69, 9.17) is 9.47 Å². The summed E-state index contributed by atoms with van der Waals surface area (Å²) in [6.45, 7) is 4.88. The molecule has 1 saturated carbocycles. The largest absolute Gasteiger partial charge is 0.497 e. The molecule has 0 unspecified atom stereocenters. The fourth-order valence-corrected chi connectivity index (χ4v) is 5.29. The van der Waals surface area contributed by atoms with Crippen molar-refractivity contribution in [2.45, 2.75) is 51.4 Å². The van der Waals surface area contributed by atoms with Gasteiger partial charge in [-0.15, -0.1) is 0 Å². The molecule has 2 aliphatic rings. The van der Waals surface area contributed by atoms with Crippen LogP contribution in [0.15, 0.2) is 42.5 Å². The Labute approximate surface area is 157 Å². The molecule has 3 atom stereocenters. The zero-order chi connectivity index (χ0) is 18.3. The summed E-state index contributed by atoms with van der Waals surface area (Å²) in [5.74, 6) is 3.87. The number of hydrogen-bond acceptors (Lipinski definition) is 2. The first-order valence-electron chi connectivity index (χ1n) is 9.81. The van der Waals surface area contributed by atoms with Crippen molar-refractivity contribution in [3.63, 3.8) is 0 Å². The summed E-state index contributed by atoms with van der Waals surface area (Å²) in [4.78, 5) is 0. The second-order valence-corrected chi connectivity index (χ2v) is 8.83. The molecule has 0 radical (unpaired) electrons. The van der Waals surface area contributed by atoms with Crippen molar-refractivity contribution in [2.24, 2.45) is 11.3 Å². The number of methoxy groups -OCH3 is 2. The lowest BCUT2D eigenvalue weighted by molar-refractivity contribution is 0.126. The van der Waals surface area contributed by atoms with Gasteiger partial charge in [0.25, 0.3) is 0 Å².